The van der Waals surface area contributed by atoms with Crippen molar-refractivity contribution < 1.29 is 0 Å². The summed E-state index contributed by atoms with van der Waals surface area (Å²) < 4.78 is 2.38. The normalized spacial score (nSPS) is 23.3. The first-order valence-electron chi connectivity index (χ1n) is 6.36. The third-order valence-electron chi connectivity index (χ3n) is 3.83. The van der Waals surface area contributed by atoms with Crippen molar-refractivity contribution in [1.29, 1.82) is 0 Å². The average Bonchev–Trinajstić information content (AvgIpc) is 2.80. The van der Waals surface area contributed by atoms with Crippen molar-refractivity contribution >= 4 is 23.4 Å². The maximum atomic E-state index is 6.02. The van der Waals surface area contributed by atoms with Gasteiger partial charge in [-0.15, -0.1) is 12.4 Å². The number of aryl methyl sites for hydroxylation is 2. The van der Waals surface area contributed by atoms with Gasteiger partial charge >= 0.3 is 0 Å². The van der Waals surface area contributed by atoms with E-state index in [9.17, 15) is 0 Å². The maximum Gasteiger partial charge on any atom is 0.106 e. The predicted molar refractivity (Wildman–Crippen MR) is 77.3 cm³/mol. The number of hydrogen-bond donors (Lipinski definition) is 1. The molecule has 1 fully saturated rings. The van der Waals surface area contributed by atoms with Gasteiger partial charge < -0.3 is 10.3 Å². The molecule has 2 N–H and O–H groups in total. The number of benzene rings is 1. The second-order valence-electron chi connectivity index (χ2n) is 5.25. The van der Waals surface area contributed by atoms with Crippen LogP contribution in [0.4, 0.5) is 0 Å². The number of imidazole rings is 1. The average molecular weight is 266 g/mol. The number of aromatic nitrogens is 2. The van der Waals surface area contributed by atoms with Gasteiger partial charge in [0.15, 0.2) is 0 Å². The molecule has 18 heavy (non-hydrogen) atoms. The van der Waals surface area contributed by atoms with E-state index in [-0.39, 0.29) is 12.4 Å². The smallest absolute Gasteiger partial charge is 0.106 e. The minimum atomic E-state index is 0. The van der Waals surface area contributed by atoms with Gasteiger partial charge in [-0.1, -0.05) is 6.07 Å². The minimum Gasteiger partial charge on any atom is -0.328 e. The van der Waals surface area contributed by atoms with Crippen molar-refractivity contribution in [2.45, 2.75) is 45.2 Å². The molecule has 1 saturated carbocycles. The Balaban J connectivity index is 0.00000120. The van der Waals surface area contributed by atoms with Gasteiger partial charge in [0.25, 0.3) is 0 Å². The molecule has 1 aromatic carbocycles. The first-order chi connectivity index (χ1) is 8.15. The number of nitrogens with two attached hydrogens (primary N) is 1. The molecular weight excluding hydrogens is 246 g/mol. The van der Waals surface area contributed by atoms with Crippen LogP contribution >= 0.6 is 12.4 Å². The maximum absolute atomic E-state index is 6.02. The van der Waals surface area contributed by atoms with Crippen molar-refractivity contribution in [3.63, 3.8) is 0 Å². The summed E-state index contributed by atoms with van der Waals surface area (Å²) in [5, 5.41) is 0. The molecule has 0 aliphatic heterocycles. The van der Waals surface area contributed by atoms with Gasteiger partial charge in [-0.05, 0) is 50.8 Å². The molecule has 0 bridgehead atoms. The summed E-state index contributed by atoms with van der Waals surface area (Å²) in [5.74, 6) is 1.12. The first-order valence-corrected chi connectivity index (χ1v) is 6.36. The number of halogens is 1. The summed E-state index contributed by atoms with van der Waals surface area (Å²) >= 11 is 0. The largest absolute Gasteiger partial charge is 0.328 e. The Morgan fingerprint density at radius 1 is 1.28 bits per heavy atom. The van der Waals surface area contributed by atoms with Crippen LogP contribution in [0, 0.1) is 13.8 Å². The molecule has 2 aromatic rings. The fraction of sp³-hybridized carbons (Fsp3) is 0.500. The predicted octanol–water partition coefficient (Wildman–Crippen LogP) is 3.13. The van der Waals surface area contributed by atoms with Crippen LogP contribution in [0.5, 0.6) is 0 Å². The Kier molecular flexibility index (Phi) is 3.64. The van der Waals surface area contributed by atoms with Crippen LogP contribution in [0.15, 0.2) is 18.2 Å². The van der Waals surface area contributed by atoms with E-state index < -0.39 is 0 Å². The SMILES string of the molecule is Cc1ccc2c(c1)nc(C)n2[C@@H]1CC[C@@H](N)C1.Cl. The highest BCUT2D eigenvalue weighted by Crippen LogP contribution is 2.33. The van der Waals surface area contributed by atoms with Crippen molar-refractivity contribution in [1.82, 2.24) is 9.55 Å². The van der Waals surface area contributed by atoms with Gasteiger partial charge in [-0.25, -0.2) is 4.98 Å². The van der Waals surface area contributed by atoms with E-state index in [0.717, 1.165) is 24.2 Å². The van der Waals surface area contributed by atoms with Gasteiger partial charge in [0, 0.05) is 12.1 Å². The fourth-order valence-corrected chi connectivity index (χ4v) is 3.02. The molecule has 0 amide bonds. The second-order valence-corrected chi connectivity index (χ2v) is 5.25. The number of hydrogen-bond acceptors (Lipinski definition) is 2. The Hall–Kier alpha value is -1.06. The van der Waals surface area contributed by atoms with Crippen LogP contribution in [0.25, 0.3) is 11.0 Å². The molecule has 3 nitrogen and oxygen atoms in total. The Morgan fingerprint density at radius 3 is 2.72 bits per heavy atom. The lowest BCUT2D eigenvalue weighted by molar-refractivity contribution is 0.511. The second kappa shape index (κ2) is 4.90. The fourth-order valence-electron chi connectivity index (χ4n) is 3.02. The zero-order valence-electron chi connectivity index (χ0n) is 10.9. The lowest BCUT2D eigenvalue weighted by Gasteiger charge is -2.15. The lowest BCUT2D eigenvalue weighted by Crippen LogP contribution is -2.16. The minimum absolute atomic E-state index is 0. The third-order valence-corrected chi connectivity index (χ3v) is 3.83. The summed E-state index contributed by atoms with van der Waals surface area (Å²) in [6.45, 7) is 4.21. The summed E-state index contributed by atoms with van der Waals surface area (Å²) in [5.41, 5.74) is 9.66. The van der Waals surface area contributed by atoms with Crippen molar-refractivity contribution in [3.05, 3.63) is 29.6 Å². The molecule has 2 atom stereocenters. The molecule has 1 aliphatic carbocycles. The molecule has 1 aromatic heterocycles. The van der Waals surface area contributed by atoms with E-state index in [4.69, 9.17) is 5.73 Å². The van der Waals surface area contributed by atoms with Gasteiger partial charge in [0.05, 0.1) is 11.0 Å². The molecule has 4 heteroatoms. The highest BCUT2D eigenvalue weighted by molar-refractivity contribution is 5.85. The van der Waals surface area contributed by atoms with Crippen molar-refractivity contribution in [3.8, 4) is 0 Å². The van der Waals surface area contributed by atoms with E-state index >= 15 is 0 Å². The lowest BCUT2D eigenvalue weighted by atomic mass is 10.2. The molecule has 3 rings (SSSR count). The number of fused-ring (bicyclic) bond motifs is 1. The highest BCUT2D eigenvalue weighted by atomic mass is 35.5. The summed E-state index contributed by atoms with van der Waals surface area (Å²) in [7, 11) is 0. The van der Waals surface area contributed by atoms with Gasteiger partial charge in [-0.2, -0.15) is 0 Å². The molecule has 0 unspecified atom stereocenters. The number of rotatable bonds is 1. The van der Waals surface area contributed by atoms with Crippen LogP contribution in [0.3, 0.4) is 0 Å². The molecule has 0 spiro atoms. The Morgan fingerprint density at radius 2 is 2.06 bits per heavy atom. The van der Waals surface area contributed by atoms with E-state index in [1.165, 1.54) is 17.5 Å². The first kappa shape index (κ1) is 13.4. The molecule has 1 aliphatic rings. The molecule has 0 saturated heterocycles. The van der Waals surface area contributed by atoms with E-state index in [2.05, 4.69) is 41.6 Å². The van der Waals surface area contributed by atoms with Gasteiger partial charge in [0.2, 0.25) is 0 Å². The van der Waals surface area contributed by atoms with Crippen molar-refractivity contribution in [2.24, 2.45) is 5.73 Å². The zero-order valence-corrected chi connectivity index (χ0v) is 11.7. The summed E-state index contributed by atoms with van der Waals surface area (Å²) in [4.78, 5) is 4.67. The van der Waals surface area contributed by atoms with Gasteiger partial charge in [0.1, 0.15) is 5.82 Å². The standard InChI is InChI=1S/C14H19N3.ClH/c1-9-3-6-14-13(7-9)16-10(2)17(14)12-5-4-11(15)8-12;/h3,6-7,11-12H,4-5,8,15H2,1-2H3;1H/t11-,12-;/m1./s1. The van der Waals surface area contributed by atoms with Gasteiger partial charge in [-0.3, -0.25) is 0 Å². The van der Waals surface area contributed by atoms with Crippen LogP contribution in [-0.4, -0.2) is 15.6 Å². The monoisotopic (exact) mass is 265 g/mol. The molecule has 98 valence electrons. The van der Waals surface area contributed by atoms with E-state index in [1.54, 1.807) is 0 Å². The highest BCUT2D eigenvalue weighted by Gasteiger charge is 2.25. The van der Waals surface area contributed by atoms with Crippen LogP contribution in [0.2, 0.25) is 0 Å². The third kappa shape index (κ3) is 2.13. The summed E-state index contributed by atoms with van der Waals surface area (Å²) in [6.07, 6.45) is 3.40. The van der Waals surface area contributed by atoms with Crippen molar-refractivity contribution in [2.75, 3.05) is 0 Å². The van der Waals surface area contributed by atoms with E-state index in [0.29, 0.717) is 12.1 Å². The Labute approximate surface area is 114 Å². The van der Waals surface area contributed by atoms with Crippen LogP contribution < -0.4 is 5.73 Å². The molecular formula is C14H20ClN3. The topological polar surface area (TPSA) is 43.8 Å². The van der Waals surface area contributed by atoms with E-state index in [1.807, 2.05) is 0 Å². The molecule has 0 radical (unpaired) electrons. The summed E-state index contributed by atoms with van der Waals surface area (Å²) in [6, 6.07) is 7.41. The quantitative estimate of drug-likeness (QED) is 0.861. The van der Waals surface area contributed by atoms with Crippen LogP contribution in [-0.2, 0) is 0 Å². The zero-order chi connectivity index (χ0) is 12.0. The number of nitrogens with zero attached hydrogens (tertiary/aromatic N) is 2. The van der Waals surface area contributed by atoms with Crippen LogP contribution in [0.1, 0.15) is 36.7 Å². The molecule has 1 heterocycles. The Bertz CT molecular complexity index is 561.